The molecule has 0 bridgehead atoms. The van der Waals surface area contributed by atoms with Crippen LogP contribution in [0, 0.1) is 0 Å². The first-order valence-corrected chi connectivity index (χ1v) is 5.25. The molecule has 0 aliphatic carbocycles. The van der Waals surface area contributed by atoms with E-state index in [2.05, 4.69) is 24.0 Å². The Morgan fingerprint density at radius 1 is 1.47 bits per heavy atom. The fourth-order valence-electron chi connectivity index (χ4n) is 1.34. The Kier molecular flexibility index (Phi) is 2.77. The zero-order valence-corrected chi connectivity index (χ0v) is 9.52. The third-order valence-corrected chi connectivity index (χ3v) is 2.31. The summed E-state index contributed by atoms with van der Waals surface area (Å²) in [6.07, 6.45) is 5.39. The Balaban J connectivity index is 2.11. The van der Waals surface area contributed by atoms with Crippen molar-refractivity contribution in [3.63, 3.8) is 0 Å². The van der Waals surface area contributed by atoms with Crippen LogP contribution >= 0.6 is 11.6 Å². The molecule has 0 fully saturated rings. The van der Waals surface area contributed by atoms with E-state index in [4.69, 9.17) is 11.6 Å². The van der Waals surface area contributed by atoms with Gasteiger partial charge in [0.15, 0.2) is 0 Å². The minimum absolute atomic E-state index is 0.389. The monoisotopic (exact) mass is 224 g/mol. The van der Waals surface area contributed by atoms with Gasteiger partial charge in [0.05, 0.1) is 23.5 Å². The van der Waals surface area contributed by atoms with Crippen LogP contribution in [0.4, 0.5) is 0 Å². The number of rotatable bonds is 3. The first kappa shape index (κ1) is 10.2. The van der Waals surface area contributed by atoms with E-state index in [1.807, 2.05) is 16.9 Å². The molecule has 2 aromatic rings. The average Bonchev–Trinajstić information content (AvgIpc) is 2.76. The Hall–Kier alpha value is -1.29. The average molecular weight is 225 g/mol. The summed E-state index contributed by atoms with van der Waals surface area (Å²) in [6.45, 7) is 4.86. The first-order chi connectivity index (χ1) is 7.15. The molecule has 0 unspecified atom stereocenters. The minimum Gasteiger partial charge on any atom is -0.270 e. The van der Waals surface area contributed by atoms with Gasteiger partial charge in [0.2, 0.25) is 0 Å². The van der Waals surface area contributed by atoms with Crippen molar-refractivity contribution in [2.45, 2.75) is 26.4 Å². The van der Waals surface area contributed by atoms with Gasteiger partial charge in [-0.25, -0.2) is 0 Å². The second-order valence-electron chi connectivity index (χ2n) is 3.74. The van der Waals surface area contributed by atoms with Gasteiger partial charge in [-0.1, -0.05) is 11.6 Å². The Morgan fingerprint density at radius 2 is 2.27 bits per heavy atom. The molecule has 0 saturated carbocycles. The molecule has 0 N–H and O–H groups in total. The molecule has 4 nitrogen and oxygen atoms in total. The standard InChI is InChI=1S/C10H13ClN4/c1-8(2)15-4-3-10(13-15)7-14-6-9(11)5-12-14/h3-6,8H,7H2,1-2H3. The topological polar surface area (TPSA) is 35.6 Å². The highest BCUT2D eigenvalue weighted by Crippen LogP contribution is 2.08. The zero-order valence-electron chi connectivity index (χ0n) is 8.76. The molecule has 0 spiro atoms. The van der Waals surface area contributed by atoms with Gasteiger partial charge in [-0.05, 0) is 19.9 Å². The molecule has 15 heavy (non-hydrogen) atoms. The number of hydrogen-bond donors (Lipinski definition) is 0. The van der Waals surface area contributed by atoms with Crippen LogP contribution in [-0.4, -0.2) is 19.6 Å². The van der Waals surface area contributed by atoms with E-state index >= 15 is 0 Å². The van der Waals surface area contributed by atoms with Crippen LogP contribution in [0.2, 0.25) is 5.02 Å². The van der Waals surface area contributed by atoms with Crippen LogP contribution in [0.25, 0.3) is 0 Å². The molecule has 2 heterocycles. The van der Waals surface area contributed by atoms with E-state index in [1.165, 1.54) is 0 Å². The number of hydrogen-bond acceptors (Lipinski definition) is 2. The molecule has 0 saturated heterocycles. The molecule has 0 radical (unpaired) electrons. The lowest BCUT2D eigenvalue weighted by Gasteiger charge is -2.03. The van der Waals surface area contributed by atoms with Crippen molar-refractivity contribution in [1.29, 1.82) is 0 Å². The molecule has 0 aliphatic heterocycles. The SMILES string of the molecule is CC(C)n1ccc(Cn2cc(Cl)cn2)n1. The summed E-state index contributed by atoms with van der Waals surface area (Å²) in [5.74, 6) is 0. The lowest BCUT2D eigenvalue weighted by Crippen LogP contribution is -2.04. The van der Waals surface area contributed by atoms with E-state index in [0.29, 0.717) is 17.6 Å². The summed E-state index contributed by atoms with van der Waals surface area (Å²) in [7, 11) is 0. The third-order valence-electron chi connectivity index (χ3n) is 2.12. The summed E-state index contributed by atoms with van der Waals surface area (Å²) < 4.78 is 3.70. The van der Waals surface area contributed by atoms with Gasteiger partial charge in [0.1, 0.15) is 0 Å². The second kappa shape index (κ2) is 4.06. The van der Waals surface area contributed by atoms with Gasteiger partial charge in [0, 0.05) is 18.4 Å². The largest absolute Gasteiger partial charge is 0.270 e. The predicted octanol–water partition coefficient (Wildman–Crippen LogP) is 2.36. The van der Waals surface area contributed by atoms with E-state index in [9.17, 15) is 0 Å². The summed E-state index contributed by atoms with van der Waals surface area (Å²) in [4.78, 5) is 0. The molecule has 2 rings (SSSR count). The molecule has 0 aliphatic rings. The maximum atomic E-state index is 5.77. The number of aromatic nitrogens is 4. The van der Waals surface area contributed by atoms with Gasteiger partial charge in [-0.2, -0.15) is 10.2 Å². The van der Waals surface area contributed by atoms with Crippen LogP contribution in [0.1, 0.15) is 25.6 Å². The third kappa shape index (κ3) is 2.39. The summed E-state index contributed by atoms with van der Waals surface area (Å²) >= 11 is 5.77. The van der Waals surface area contributed by atoms with Crippen molar-refractivity contribution in [2.24, 2.45) is 0 Å². The highest BCUT2D eigenvalue weighted by molar-refractivity contribution is 6.30. The van der Waals surface area contributed by atoms with E-state index < -0.39 is 0 Å². The second-order valence-corrected chi connectivity index (χ2v) is 4.17. The van der Waals surface area contributed by atoms with Crippen molar-refractivity contribution in [2.75, 3.05) is 0 Å². The van der Waals surface area contributed by atoms with Gasteiger partial charge in [-0.15, -0.1) is 0 Å². The van der Waals surface area contributed by atoms with Crippen molar-refractivity contribution in [1.82, 2.24) is 19.6 Å². The Labute approximate surface area is 93.5 Å². The van der Waals surface area contributed by atoms with Crippen molar-refractivity contribution in [3.05, 3.63) is 35.4 Å². The molecule has 5 heteroatoms. The van der Waals surface area contributed by atoms with Gasteiger partial charge >= 0.3 is 0 Å². The highest BCUT2D eigenvalue weighted by atomic mass is 35.5. The maximum Gasteiger partial charge on any atom is 0.0850 e. The van der Waals surface area contributed by atoms with Crippen LogP contribution in [0.15, 0.2) is 24.7 Å². The molecule has 0 aromatic carbocycles. The van der Waals surface area contributed by atoms with Crippen molar-refractivity contribution in [3.8, 4) is 0 Å². The summed E-state index contributed by atoms with van der Waals surface area (Å²) in [5, 5.41) is 9.18. The van der Waals surface area contributed by atoms with Crippen LogP contribution < -0.4 is 0 Å². The maximum absolute atomic E-state index is 5.77. The fraction of sp³-hybridized carbons (Fsp3) is 0.400. The smallest absolute Gasteiger partial charge is 0.0850 e. The molecule has 80 valence electrons. The summed E-state index contributed by atoms with van der Waals surface area (Å²) in [5.41, 5.74) is 0.989. The van der Waals surface area contributed by atoms with E-state index in [-0.39, 0.29) is 0 Å². The number of halogens is 1. The Morgan fingerprint density at radius 3 is 2.80 bits per heavy atom. The minimum atomic E-state index is 0.389. The lowest BCUT2D eigenvalue weighted by atomic mass is 10.4. The molecule has 0 atom stereocenters. The van der Waals surface area contributed by atoms with E-state index in [1.54, 1.807) is 17.1 Å². The first-order valence-electron chi connectivity index (χ1n) is 4.87. The fourth-order valence-corrected chi connectivity index (χ4v) is 1.50. The highest BCUT2D eigenvalue weighted by Gasteiger charge is 2.03. The predicted molar refractivity (Wildman–Crippen MR) is 59.0 cm³/mol. The van der Waals surface area contributed by atoms with Crippen molar-refractivity contribution >= 4 is 11.6 Å². The summed E-state index contributed by atoms with van der Waals surface area (Å²) in [6, 6.07) is 2.38. The van der Waals surface area contributed by atoms with Gasteiger partial charge < -0.3 is 0 Å². The van der Waals surface area contributed by atoms with Gasteiger partial charge in [0.25, 0.3) is 0 Å². The molecule has 2 aromatic heterocycles. The number of nitrogens with zero attached hydrogens (tertiary/aromatic N) is 4. The van der Waals surface area contributed by atoms with Gasteiger partial charge in [-0.3, -0.25) is 9.36 Å². The van der Waals surface area contributed by atoms with Crippen LogP contribution in [-0.2, 0) is 6.54 Å². The van der Waals surface area contributed by atoms with E-state index in [0.717, 1.165) is 5.69 Å². The quantitative estimate of drug-likeness (QED) is 0.803. The van der Waals surface area contributed by atoms with Crippen molar-refractivity contribution < 1.29 is 0 Å². The normalized spacial score (nSPS) is 11.2. The Bertz CT molecular complexity index is 444. The molecule has 0 amide bonds. The molecular formula is C10H13ClN4. The zero-order chi connectivity index (χ0) is 10.8. The molecular weight excluding hydrogens is 212 g/mol. The van der Waals surface area contributed by atoms with Crippen LogP contribution in [0.3, 0.4) is 0 Å². The lowest BCUT2D eigenvalue weighted by molar-refractivity contribution is 0.521. The van der Waals surface area contributed by atoms with Crippen LogP contribution in [0.5, 0.6) is 0 Å².